The number of anilines is 1. The first-order chi connectivity index (χ1) is 16.7. The lowest BCUT2D eigenvalue weighted by Gasteiger charge is -2.29. The van der Waals surface area contributed by atoms with Gasteiger partial charge in [-0.3, -0.25) is 4.79 Å². The van der Waals surface area contributed by atoms with E-state index in [9.17, 15) is 4.79 Å². The molecule has 0 fully saturated rings. The van der Waals surface area contributed by atoms with Gasteiger partial charge in [0.05, 0.1) is 17.7 Å². The number of ketones is 1. The molecule has 0 radical (unpaired) electrons. The minimum Gasteiger partial charge on any atom is -0.493 e. The van der Waals surface area contributed by atoms with E-state index in [-0.39, 0.29) is 11.9 Å². The number of methoxy groups -OCH3 is 1. The molecular formula is C25H26BrClN4O3S. The summed E-state index contributed by atoms with van der Waals surface area (Å²) in [5.41, 5.74) is 3.17. The van der Waals surface area contributed by atoms with Crippen LogP contribution in [0.2, 0.25) is 5.02 Å². The number of aromatic nitrogens is 3. The lowest BCUT2D eigenvalue weighted by molar-refractivity contribution is -0.114. The van der Waals surface area contributed by atoms with Gasteiger partial charge in [0, 0.05) is 22.0 Å². The van der Waals surface area contributed by atoms with Gasteiger partial charge in [0.2, 0.25) is 11.1 Å². The van der Waals surface area contributed by atoms with Crippen molar-refractivity contribution in [1.82, 2.24) is 14.8 Å². The summed E-state index contributed by atoms with van der Waals surface area (Å²) in [6.45, 7) is 7.35. The summed E-state index contributed by atoms with van der Waals surface area (Å²) in [7, 11) is 1.60. The zero-order chi connectivity index (χ0) is 25.3. The molecule has 2 heterocycles. The van der Waals surface area contributed by atoms with Gasteiger partial charge in [-0.2, -0.15) is 4.98 Å². The first-order valence-corrected chi connectivity index (χ1v) is 13.2. The number of fused-ring (bicyclic) bond motifs is 1. The highest BCUT2D eigenvalue weighted by molar-refractivity contribution is 9.10. The van der Waals surface area contributed by atoms with Crippen LogP contribution in [0.25, 0.3) is 0 Å². The number of nitrogens with one attached hydrogen (secondary N) is 1. The molecule has 2 aromatic carbocycles. The van der Waals surface area contributed by atoms with Gasteiger partial charge < -0.3 is 14.8 Å². The fourth-order valence-corrected chi connectivity index (χ4v) is 5.63. The summed E-state index contributed by atoms with van der Waals surface area (Å²) in [5, 5.41) is 9.30. The van der Waals surface area contributed by atoms with Crippen molar-refractivity contribution in [1.29, 1.82) is 0 Å². The van der Waals surface area contributed by atoms with Crippen LogP contribution in [0.15, 0.2) is 57.3 Å². The molecule has 0 bridgehead atoms. The maximum absolute atomic E-state index is 12.8. The van der Waals surface area contributed by atoms with Crippen LogP contribution < -0.4 is 14.8 Å². The lowest BCUT2D eigenvalue weighted by atomic mass is 9.93. The van der Waals surface area contributed by atoms with E-state index in [1.807, 2.05) is 57.2 Å². The molecule has 1 aliphatic heterocycles. The summed E-state index contributed by atoms with van der Waals surface area (Å²) in [6, 6.07) is 11.0. The van der Waals surface area contributed by atoms with Gasteiger partial charge in [0.15, 0.2) is 17.3 Å². The Morgan fingerprint density at radius 1 is 1.31 bits per heavy atom. The van der Waals surface area contributed by atoms with Gasteiger partial charge >= 0.3 is 0 Å². The SMILES string of the molecule is COc1cc(C2C(C(C)=O)=C(C)Nc3nc(SCc4ccccc4Cl)nn32)cc(Br)c1OC(C)C. The molecule has 1 atom stereocenters. The Kier molecular flexibility index (Phi) is 7.78. The van der Waals surface area contributed by atoms with Crippen LogP contribution in [-0.2, 0) is 10.5 Å². The molecule has 7 nitrogen and oxygen atoms in total. The first-order valence-electron chi connectivity index (χ1n) is 11.0. The quantitative estimate of drug-likeness (QED) is 0.300. The van der Waals surface area contributed by atoms with Crippen molar-refractivity contribution in [2.24, 2.45) is 0 Å². The summed E-state index contributed by atoms with van der Waals surface area (Å²) >= 11 is 11.4. The third-order valence-corrected chi connectivity index (χ3v) is 7.29. The number of carbonyl (C=O) groups excluding carboxylic acids is 1. The number of Topliss-reactive ketones (excluding diaryl/α,β-unsaturated/α-hetero) is 1. The maximum atomic E-state index is 12.8. The van der Waals surface area contributed by atoms with Gasteiger partial charge in [-0.15, -0.1) is 5.10 Å². The van der Waals surface area contributed by atoms with E-state index in [0.29, 0.717) is 39.0 Å². The van der Waals surface area contributed by atoms with E-state index >= 15 is 0 Å². The molecule has 184 valence electrons. The average Bonchev–Trinajstić information content (AvgIpc) is 3.20. The second kappa shape index (κ2) is 10.6. The number of benzene rings is 2. The normalized spacial score (nSPS) is 15.1. The zero-order valence-electron chi connectivity index (χ0n) is 20.1. The zero-order valence-corrected chi connectivity index (χ0v) is 23.2. The second-order valence-electron chi connectivity index (χ2n) is 8.37. The number of halogens is 2. The van der Waals surface area contributed by atoms with Crippen LogP contribution >= 0.6 is 39.3 Å². The lowest BCUT2D eigenvalue weighted by Crippen LogP contribution is -2.28. The molecule has 1 unspecified atom stereocenters. The molecule has 0 aliphatic carbocycles. The van der Waals surface area contributed by atoms with Crippen LogP contribution in [0.5, 0.6) is 11.5 Å². The molecule has 3 aromatic rings. The first kappa shape index (κ1) is 25.6. The molecule has 4 rings (SSSR count). The largest absolute Gasteiger partial charge is 0.493 e. The molecule has 0 amide bonds. The monoisotopic (exact) mass is 576 g/mol. The summed E-state index contributed by atoms with van der Waals surface area (Å²) in [6.07, 6.45) is -0.0283. The highest BCUT2D eigenvalue weighted by Gasteiger charge is 2.34. The van der Waals surface area contributed by atoms with Crippen molar-refractivity contribution in [2.45, 2.75) is 50.8 Å². The predicted octanol–water partition coefficient (Wildman–Crippen LogP) is 6.66. The summed E-state index contributed by atoms with van der Waals surface area (Å²) in [4.78, 5) is 17.4. The van der Waals surface area contributed by atoms with Crippen molar-refractivity contribution in [2.75, 3.05) is 12.4 Å². The van der Waals surface area contributed by atoms with E-state index in [1.165, 1.54) is 11.8 Å². The van der Waals surface area contributed by atoms with Crippen molar-refractivity contribution >= 4 is 51.0 Å². The van der Waals surface area contributed by atoms with Crippen LogP contribution in [0.4, 0.5) is 5.95 Å². The minimum atomic E-state index is -0.482. The molecule has 1 aromatic heterocycles. The number of nitrogens with zero attached hydrogens (tertiary/aromatic N) is 3. The molecule has 0 spiro atoms. The summed E-state index contributed by atoms with van der Waals surface area (Å²) in [5.74, 6) is 2.32. The highest BCUT2D eigenvalue weighted by Crippen LogP contribution is 2.43. The fraction of sp³-hybridized carbons (Fsp3) is 0.320. The van der Waals surface area contributed by atoms with Crippen LogP contribution in [0.3, 0.4) is 0 Å². The van der Waals surface area contributed by atoms with Crippen LogP contribution in [-0.4, -0.2) is 33.8 Å². The summed E-state index contributed by atoms with van der Waals surface area (Å²) < 4.78 is 14.1. The van der Waals surface area contributed by atoms with E-state index in [2.05, 4.69) is 26.2 Å². The Morgan fingerprint density at radius 2 is 2.06 bits per heavy atom. The Balaban J connectivity index is 1.76. The number of hydrogen-bond donors (Lipinski definition) is 1. The molecule has 1 N–H and O–H groups in total. The van der Waals surface area contributed by atoms with Crippen LogP contribution in [0.1, 0.15) is 44.9 Å². The minimum absolute atomic E-state index is 0.0283. The van der Waals surface area contributed by atoms with E-state index in [0.717, 1.165) is 21.3 Å². The van der Waals surface area contributed by atoms with E-state index in [4.69, 9.17) is 26.2 Å². The highest BCUT2D eigenvalue weighted by atomic mass is 79.9. The van der Waals surface area contributed by atoms with Crippen molar-refractivity contribution in [3.8, 4) is 11.5 Å². The predicted molar refractivity (Wildman–Crippen MR) is 143 cm³/mol. The Hall–Kier alpha value is -2.49. The van der Waals surface area contributed by atoms with Crippen molar-refractivity contribution in [3.63, 3.8) is 0 Å². The standard InChI is InChI=1S/C25H26BrClN4O3S/c1-13(2)34-23-18(26)10-17(11-20(23)33-5)22-21(15(4)32)14(3)28-24-29-25(30-31(22)24)35-12-16-8-6-7-9-19(16)27/h6-11,13,22H,12H2,1-5H3,(H,28,29,30). The third-order valence-electron chi connectivity index (χ3n) is 5.45. The molecule has 0 saturated carbocycles. The Labute approximate surface area is 222 Å². The van der Waals surface area contributed by atoms with Crippen molar-refractivity contribution in [3.05, 3.63) is 68.3 Å². The number of thioether (sulfide) groups is 1. The van der Waals surface area contributed by atoms with Gasteiger partial charge in [-0.25, -0.2) is 4.68 Å². The number of rotatable bonds is 8. The Morgan fingerprint density at radius 3 is 2.71 bits per heavy atom. The molecule has 35 heavy (non-hydrogen) atoms. The number of ether oxygens (including phenoxy) is 2. The number of allylic oxidation sites excluding steroid dienone is 2. The van der Waals surface area contributed by atoms with Crippen LogP contribution in [0, 0.1) is 0 Å². The molecule has 0 saturated heterocycles. The topological polar surface area (TPSA) is 78.3 Å². The number of carbonyl (C=O) groups is 1. The number of hydrogen-bond acceptors (Lipinski definition) is 7. The second-order valence-corrected chi connectivity index (χ2v) is 10.6. The van der Waals surface area contributed by atoms with E-state index in [1.54, 1.807) is 18.7 Å². The average molecular weight is 578 g/mol. The smallest absolute Gasteiger partial charge is 0.227 e. The van der Waals surface area contributed by atoms with E-state index < -0.39 is 6.04 Å². The molecule has 1 aliphatic rings. The molecule has 10 heteroatoms. The van der Waals surface area contributed by atoms with Crippen molar-refractivity contribution < 1.29 is 14.3 Å². The fourth-order valence-electron chi connectivity index (χ4n) is 3.96. The van der Waals surface area contributed by atoms with Gasteiger partial charge in [-0.05, 0) is 73.0 Å². The maximum Gasteiger partial charge on any atom is 0.227 e. The third kappa shape index (κ3) is 5.37. The molecular weight excluding hydrogens is 552 g/mol. The Bertz CT molecular complexity index is 1310. The van der Waals surface area contributed by atoms with Gasteiger partial charge in [0.1, 0.15) is 6.04 Å². The van der Waals surface area contributed by atoms with Gasteiger partial charge in [-0.1, -0.05) is 41.6 Å². The van der Waals surface area contributed by atoms with Gasteiger partial charge in [0.25, 0.3) is 0 Å².